The fourth-order valence-corrected chi connectivity index (χ4v) is 4.51. The van der Waals surface area contributed by atoms with E-state index < -0.39 is 0 Å². The third-order valence-electron chi connectivity index (χ3n) is 4.25. The summed E-state index contributed by atoms with van der Waals surface area (Å²) in [7, 11) is 1.84. The van der Waals surface area contributed by atoms with Crippen LogP contribution < -0.4 is 5.32 Å². The van der Waals surface area contributed by atoms with Gasteiger partial charge in [0.2, 0.25) is 5.91 Å². The second-order valence-corrected chi connectivity index (χ2v) is 9.74. The number of carbonyl (C=O) groups excluding carboxylic acids is 1. The smallest absolute Gasteiger partial charge is 0.234 e. The first-order valence-corrected chi connectivity index (χ1v) is 11.6. The number of benzene rings is 2. The maximum atomic E-state index is 12.5. The molecule has 0 saturated heterocycles. The maximum absolute atomic E-state index is 12.5. The van der Waals surface area contributed by atoms with E-state index in [2.05, 4.69) is 58.0 Å². The predicted octanol–water partition coefficient (Wildman–Crippen LogP) is 6.25. The summed E-state index contributed by atoms with van der Waals surface area (Å²) in [4.78, 5) is 12.5. The van der Waals surface area contributed by atoms with Gasteiger partial charge in [0.25, 0.3) is 0 Å². The molecule has 1 N–H and O–H groups in total. The lowest BCUT2D eigenvalue weighted by molar-refractivity contribution is -0.113. The summed E-state index contributed by atoms with van der Waals surface area (Å²) in [5.41, 5.74) is 2.70. The molecule has 1 aromatic heterocycles. The molecule has 9 heteroatoms. The van der Waals surface area contributed by atoms with Gasteiger partial charge in [-0.05, 0) is 70.5 Å². The molecular formula is C20H19Cl2IN4OS. The molecule has 2 aromatic carbocycles. The van der Waals surface area contributed by atoms with E-state index in [1.54, 1.807) is 18.2 Å². The molecule has 1 heterocycles. The Morgan fingerprint density at radius 1 is 1.21 bits per heavy atom. The molecule has 0 radical (unpaired) electrons. The second-order valence-electron chi connectivity index (χ2n) is 6.71. The van der Waals surface area contributed by atoms with E-state index >= 15 is 0 Å². The van der Waals surface area contributed by atoms with Crippen molar-refractivity contribution in [1.82, 2.24) is 14.8 Å². The van der Waals surface area contributed by atoms with Crippen LogP contribution in [-0.2, 0) is 11.8 Å². The topological polar surface area (TPSA) is 59.8 Å². The monoisotopic (exact) mass is 560 g/mol. The zero-order chi connectivity index (χ0) is 21.1. The van der Waals surface area contributed by atoms with Crippen LogP contribution in [0.25, 0.3) is 11.4 Å². The van der Waals surface area contributed by atoms with Gasteiger partial charge >= 0.3 is 0 Å². The van der Waals surface area contributed by atoms with E-state index in [0.29, 0.717) is 26.9 Å². The number of anilines is 1. The number of nitrogens with one attached hydrogen (secondary N) is 1. The summed E-state index contributed by atoms with van der Waals surface area (Å²) in [6.07, 6.45) is 0. The first-order chi connectivity index (χ1) is 13.8. The lowest BCUT2D eigenvalue weighted by atomic mass is 10.0. The summed E-state index contributed by atoms with van der Waals surface area (Å²) in [5.74, 6) is 1.07. The van der Waals surface area contributed by atoms with Crippen molar-refractivity contribution in [2.24, 2.45) is 7.05 Å². The Labute approximate surface area is 197 Å². The van der Waals surface area contributed by atoms with Gasteiger partial charge in [-0.15, -0.1) is 10.2 Å². The summed E-state index contributed by atoms with van der Waals surface area (Å²) in [5, 5.41) is 13.1. The van der Waals surface area contributed by atoms with Gasteiger partial charge in [0.15, 0.2) is 11.0 Å². The molecule has 0 saturated carbocycles. The first-order valence-electron chi connectivity index (χ1n) is 8.83. The standard InChI is InChI=1S/C20H19Cl2IN4OS/c1-11(2)15-9-13(23)5-7-17(15)24-18(28)10-29-20-26-25-19(27(20)3)14-6-4-12(21)8-16(14)22/h4-9,11H,10H2,1-3H3,(H,24,28). The van der Waals surface area contributed by atoms with Gasteiger partial charge in [-0.2, -0.15) is 0 Å². The van der Waals surface area contributed by atoms with Crippen LogP contribution in [0.2, 0.25) is 10.0 Å². The number of nitrogens with zero attached hydrogens (tertiary/aromatic N) is 3. The molecule has 3 aromatic rings. The number of amides is 1. The second kappa shape index (κ2) is 9.68. The SMILES string of the molecule is CC(C)c1cc(I)ccc1NC(=O)CSc1nnc(-c2ccc(Cl)cc2Cl)n1C. The van der Waals surface area contributed by atoms with Crippen molar-refractivity contribution in [2.75, 3.05) is 11.1 Å². The summed E-state index contributed by atoms with van der Waals surface area (Å²) < 4.78 is 2.96. The number of rotatable bonds is 6. The number of carbonyl (C=O) groups is 1. The average molecular weight is 561 g/mol. The average Bonchev–Trinajstić information content (AvgIpc) is 3.02. The fourth-order valence-electron chi connectivity index (χ4n) is 2.79. The zero-order valence-corrected chi connectivity index (χ0v) is 20.5. The Morgan fingerprint density at radius 3 is 2.66 bits per heavy atom. The van der Waals surface area contributed by atoms with E-state index in [9.17, 15) is 4.79 Å². The summed E-state index contributed by atoms with van der Waals surface area (Å²) in [6.45, 7) is 4.22. The van der Waals surface area contributed by atoms with Gasteiger partial charge in [0.05, 0.1) is 10.8 Å². The highest BCUT2D eigenvalue weighted by Gasteiger charge is 2.16. The van der Waals surface area contributed by atoms with Crippen molar-refractivity contribution in [2.45, 2.75) is 24.9 Å². The Hall–Kier alpha value is -1.29. The first kappa shape index (κ1) is 22.4. The largest absolute Gasteiger partial charge is 0.325 e. The zero-order valence-electron chi connectivity index (χ0n) is 16.0. The highest BCUT2D eigenvalue weighted by atomic mass is 127. The minimum absolute atomic E-state index is 0.0906. The molecule has 0 fully saturated rings. The van der Waals surface area contributed by atoms with E-state index in [0.717, 1.165) is 20.4 Å². The molecule has 0 aliphatic carbocycles. The Morgan fingerprint density at radius 2 is 1.97 bits per heavy atom. The highest BCUT2D eigenvalue weighted by molar-refractivity contribution is 14.1. The van der Waals surface area contributed by atoms with Crippen LogP contribution in [0, 0.1) is 3.57 Å². The van der Waals surface area contributed by atoms with Gasteiger partial charge in [-0.25, -0.2) is 0 Å². The van der Waals surface area contributed by atoms with Crippen LogP contribution >= 0.6 is 57.6 Å². The highest BCUT2D eigenvalue weighted by Crippen LogP contribution is 2.31. The third kappa shape index (κ3) is 5.45. The minimum Gasteiger partial charge on any atom is -0.325 e. The van der Waals surface area contributed by atoms with Crippen molar-refractivity contribution < 1.29 is 4.79 Å². The number of halogens is 3. The van der Waals surface area contributed by atoms with E-state index in [4.69, 9.17) is 23.2 Å². The molecule has 0 aliphatic heterocycles. The van der Waals surface area contributed by atoms with Crippen LogP contribution in [0.15, 0.2) is 41.6 Å². The molecule has 5 nitrogen and oxygen atoms in total. The maximum Gasteiger partial charge on any atom is 0.234 e. The van der Waals surface area contributed by atoms with Gasteiger partial charge in [-0.3, -0.25) is 4.79 Å². The quantitative estimate of drug-likeness (QED) is 0.286. The van der Waals surface area contributed by atoms with E-state index in [1.807, 2.05) is 23.7 Å². The van der Waals surface area contributed by atoms with Crippen LogP contribution in [0.1, 0.15) is 25.3 Å². The van der Waals surface area contributed by atoms with E-state index in [1.165, 1.54) is 11.8 Å². The Kier molecular flexibility index (Phi) is 7.47. The number of aromatic nitrogens is 3. The van der Waals surface area contributed by atoms with Gasteiger partial charge in [0, 0.05) is 26.9 Å². The number of hydrogen-bond donors (Lipinski definition) is 1. The molecule has 1 amide bonds. The normalized spacial score (nSPS) is 11.1. The van der Waals surface area contributed by atoms with E-state index in [-0.39, 0.29) is 11.7 Å². The van der Waals surface area contributed by atoms with Crippen molar-refractivity contribution in [3.63, 3.8) is 0 Å². The predicted molar refractivity (Wildman–Crippen MR) is 129 cm³/mol. The Balaban J connectivity index is 1.70. The van der Waals surface area contributed by atoms with Crippen LogP contribution in [0.3, 0.4) is 0 Å². The molecule has 0 bridgehead atoms. The van der Waals surface area contributed by atoms with Gasteiger partial charge in [0.1, 0.15) is 0 Å². The fraction of sp³-hybridized carbons (Fsp3) is 0.250. The molecular weight excluding hydrogens is 542 g/mol. The summed E-state index contributed by atoms with van der Waals surface area (Å²) >= 11 is 15.8. The molecule has 3 rings (SSSR count). The van der Waals surface area contributed by atoms with Crippen LogP contribution in [0.5, 0.6) is 0 Å². The molecule has 0 atom stereocenters. The van der Waals surface area contributed by atoms with Crippen molar-refractivity contribution in [1.29, 1.82) is 0 Å². The molecule has 29 heavy (non-hydrogen) atoms. The van der Waals surface area contributed by atoms with Gasteiger partial charge in [-0.1, -0.05) is 48.8 Å². The van der Waals surface area contributed by atoms with Crippen LogP contribution in [-0.4, -0.2) is 26.4 Å². The van der Waals surface area contributed by atoms with Gasteiger partial charge < -0.3 is 9.88 Å². The third-order valence-corrected chi connectivity index (χ3v) is 6.49. The molecule has 0 spiro atoms. The lowest BCUT2D eigenvalue weighted by Crippen LogP contribution is -2.16. The van der Waals surface area contributed by atoms with Crippen LogP contribution in [0.4, 0.5) is 5.69 Å². The Bertz CT molecular complexity index is 1050. The summed E-state index contributed by atoms with van der Waals surface area (Å²) in [6, 6.07) is 11.3. The molecule has 152 valence electrons. The number of hydrogen-bond acceptors (Lipinski definition) is 4. The minimum atomic E-state index is -0.0906. The lowest BCUT2D eigenvalue weighted by Gasteiger charge is -2.14. The molecule has 0 unspecified atom stereocenters. The van der Waals surface area contributed by atoms with Crippen molar-refractivity contribution >= 4 is 69.1 Å². The van der Waals surface area contributed by atoms with Crippen molar-refractivity contribution in [3.8, 4) is 11.4 Å². The van der Waals surface area contributed by atoms with Crippen molar-refractivity contribution in [3.05, 3.63) is 55.6 Å². The molecule has 0 aliphatic rings. The number of thioether (sulfide) groups is 1.